The van der Waals surface area contributed by atoms with Crippen molar-refractivity contribution in [2.45, 2.75) is 39.3 Å². The molecule has 4 nitrogen and oxygen atoms in total. The van der Waals surface area contributed by atoms with Crippen molar-refractivity contribution in [1.29, 1.82) is 0 Å². The Morgan fingerprint density at radius 1 is 1.12 bits per heavy atom. The Balaban J connectivity index is 1.67. The Hall–Kier alpha value is -2.62. The molecule has 4 heteroatoms. The van der Waals surface area contributed by atoms with Gasteiger partial charge in [0.15, 0.2) is 0 Å². The normalized spacial score (nSPS) is 12.2. The summed E-state index contributed by atoms with van der Waals surface area (Å²) in [6.07, 6.45) is 1.75. The van der Waals surface area contributed by atoms with Gasteiger partial charge in [-0.3, -0.25) is 9.48 Å². The van der Waals surface area contributed by atoms with Gasteiger partial charge in [-0.15, -0.1) is 0 Å². The van der Waals surface area contributed by atoms with Crippen molar-refractivity contribution in [3.8, 4) is 0 Å². The number of nitrogens with zero attached hydrogens (tertiary/aromatic N) is 2. The van der Waals surface area contributed by atoms with Crippen molar-refractivity contribution in [2.24, 2.45) is 0 Å². The zero-order valence-electron chi connectivity index (χ0n) is 14.2. The van der Waals surface area contributed by atoms with Crippen LogP contribution in [-0.4, -0.2) is 21.7 Å². The van der Waals surface area contributed by atoms with E-state index >= 15 is 0 Å². The standard InChI is InChI=1S/C20H23N3O/c1-3-17(13-16-9-5-4-6-10-16)21-20(24)14-23-19-12-8-7-11-18(19)15(2)22-23/h4-12,17H,3,13-14H2,1-2H3,(H,21,24)/t17-/m1/s1. The van der Waals surface area contributed by atoms with E-state index < -0.39 is 0 Å². The number of hydrogen-bond donors (Lipinski definition) is 1. The highest BCUT2D eigenvalue weighted by atomic mass is 16.2. The quantitative estimate of drug-likeness (QED) is 0.755. The first kappa shape index (κ1) is 16.2. The number of carbonyl (C=O) groups is 1. The number of aromatic nitrogens is 2. The minimum atomic E-state index is 0.00559. The second kappa shape index (κ2) is 7.30. The Kier molecular flexibility index (Phi) is 4.94. The van der Waals surface area contributed by atoms with Crippen LogP contribution < -0.4 is 5.32 Å². The lowest BCUT2D eigenvalue weighted by Gasteiger charge is -2.17. The van der Waals surface area contributed by atoms with Gasteiger partial charge >= 0.3 is 0 Å². The second-order valence-electron chi connectivity index (χ2n) is 6.12. The molecule has 0 radical (unpaired) electrons. The predicted octanol–water partition coefficient (Wildman–Crippen LogP) is 3.48. The molecule has 0 aliphatic carbocycles. The lowest BCUT2D eigenvalue weighted by atomic mass is 10.0. The number of carbonyl (C=O) groups excluding carboxylic acids is 1. The summed E-state index contributed by atoms with van der Waals surface area (Å²) in [5.74, 6) is 0.00559. The lowest BCUT2D eigenvalue weighted by Crippen LogP contribution is -2.38. The molecule has 24 heavy (non-hydrogen) atoms. The molecule has 0 fully saturated rings. The minimum absolute atomic E-state index is 0.00559. The van der Waals surface area contributed by atoms with E-state index in [-0.39, 0.29) is 18.5 Å². The molecule has 124 valence electrons. The van der Waals surface area contributed by atoms with E-state index in [1.807, 2.05) is 49.4 Å². The first-order valence-electron chi connectivity index (χ1n) is 8.42. The van der Waals surface area contributed by atoms with Crippen LogP contribution in [0.1, 0.15) is 24.6 Å². The fourth-order valence-corrected chi connectivity index (χ4v) is 3.02. The second-order valence-corrected chi connectivity index (χ2v) is 6.12. The molecule has 1 amide bonds. The van der Waals surface area contributed by atoms with Crippen LogP contribution in [0.5, 0.6) is 0 Å². The summed E-state index contributed by atoms with van der Waals surface area (Å²) < 4.78 is 1.79. The van der Waals surface area contributed by atoms with Gasteiger partial charge in [0.1, 0.15) is 6.54 Å². The summed E-state index contributed by atoms with van der Waals surface area (Å²) in [5.41, 5.74) is 3.20. The predicted molar refractivity (Wildman–Crippen MR) is 96.8 cm³/mol. The lowest BCUT2D eigenvalue weighted by molar-refractivity contribution is -0.122. The average molecular weight is 321 g/mol. The van der Waals surface area contributed by atoms with Crippen molar-refractivity contribution in [3.05, 3.63) is 65.9 Å². The first-order chi connectivity index (χ1) is 11.7. The molecule has 0 aliphatic rings. The summed E-state index contributed by atoms with van der Waals surface area (Å²) in [6, 6.07) is 18.4. The number of benzene rings is 2. The van der Waals surface area contributed by atoms with Gasteiger partial charge in [0.25, 0.3) is 0 Å². The SMILES string of the molecule is CC[C@H](Cc1ccccc1)NC(=O)Cn1nc(C)c2ccccc21. The molecule has 0 saturated carbocycles. The molecule has 0 saturated heterocycles. The maximum absolute atomic E-state index is 12.5. The van der Waals surface area contributed by atoms with Gasteiger partial charge in [0.05, 0.1) is 11.2 Å². The largest absolute Gasteiger partial charge is 0.351 e. The molecule has 3 rings (SSSR count). The zero-order chi connectivity index (χ0) is 16.9. The van der Waals surface area contributed by atoms with E-state index in [4.69, 9.17) is 0 Å². The molecular weight excluding hydrogens is 298 g/mol. The van der Waals surface area contributed by atoms with Gasteiger partial charge in [-0.2, -0.15) is 5.10 Å². The fourth-order valence-electron chi connectivity index (χ4n) is 3.02. The Morgan fingerprint density at radius 3 is 2.58 bits per heavy atom. The molecule has 0 spiro atoms. The summed E-state index contributed by atoms with van der Waals surface area (Å²) >= 11 is 0. The summed E-state index contributed by atoms with van der Waals surface area (Å²) in [5, 5.41) is 8.74. The van der Waals surface area contributed by atoms with Gasteiger partial charge in [-0.1, -0.05) is 55.5 Å². The van der Waals surface area contributed by atoms with Crippen LogP contribution in [0.15, 0.2) is 54.6 Å². The summed E-state index contributed by atoms with van der Waals surface area (Å²) in [7, 11) is 0. The van der Waals surface area contributed by atoms with Crippen molar-refractivity contribution in [2.75, 3.05) is 0 Å². The Bertz CT molecular complexity index is 823. The van der Waals surface area contributed by atoms with Crippen molar-refractivity contribution in [1.82, 2.24) is 15.1 Å². The Morgan fingerprint density at radius 2 is 1.83 bits per heavy atom. The number of hydrogen-bond acceptors (Lipinski definition) is 2. The maximum Gasteiger partial charge on any atom is 0.241 e. The summed E-state index contributed by atoms with van der Waals surface area (Å²) in [6.45, 7) is 4.32. The minimum Gasteiger partial charge on any atom is -0.351 e. The number of fused-ring (bicyclic) bond motifs is 1. The monoisotopic (exact) mass is 321 g/mol. The molecule has 1 aromatic heterocycles. The third-order valence-corrected chi connectivity index (χ3v) is 4.32. The van der Waals surface area contributed by atoms with Crippen LogP contribution in [0.3, 0.4) is 0 Å². The van der Waals surface area contributed by atoms with E-state index in [0.29, 0.717) is 0 Å². The highest BCUT2D eigenvalue weighted by Gasteiger charge is 2.14. The molecule has 1 heterocycles. The number of para-hydroxylation sites is 1. The maximum atomic E-state index is 12.5. The van der Waals surface area contributed by atoms with Crippen LogP contribution in [-0.2, 0) is 17.8 Å². The van der Waals surface area contributed by atoms with Gasteiger partial charge in [0.2, 0.25) is 5.91 Å². The highest BCUT2D eigenvalue weighted by molar-refractivity contribution is 5.84. The van der Waals surface area contributed by atoms with Crippen LogP contribution in [0, 0.1) is 6.92 Å². The Labute approximate surface area is 142 Å². The van der Waals surface area contributed by atoms with E-state index in [1.54, 1.807) is 4.68 Å². The molecule has 0 unspecified atom stereocenters. The first-order valence-corrected chi connectivity index (χ1v) is 8.42. The van der Waals surface area contributed by atoms with Crippen LogP contribution in [0.25, 0.3) is 10.9 Å². The van der Waals surface area contributed by atoms with Gasteiger partial charge < -0.3 is 5.32 Å². The van der Waals surface area contributed by atoms with Crippen LogP contribution in [0.4, 0.5) is 0 Å². The third-order valence-electron chi connectivity index (χ3n) is 4.32. The van der Waals surface area contributed by atoms with E-state index in [0.717, 1.165) is 29.4 Å². The average Bonchev–Trinajstić information content (AvgIpc) is 2.91. The topological polar surface area (TPSA) is 46.9 Å². The van der Waals surface area contributed by atoms with Gasteiger partial charge in [-0.05, 0) is 31.4 Å². The smallest absolute Gasteiger partial charge is 0.241 e. The number of aryl methyl sites for hydroxylation is 1. The van der Waals surface area contributed by atoms with E-state index in [1.165, 1.54) is 5.56 Å². The molecule has 1 atom stereocenters. The molecule has 3 aromatic rings. The summed E-state index contributed by atoms with van der Waals surface area (Å²) in [4.78, 5) is 12.5. The van der Waals surface area contributed by atoms with Gasteiger partial charge in [0, 0.05) is 11.4 Å². The molecular formula is C20H23N3O. The van der Waals surface area contributed by atoms with Crippen LogP contribution >= 0.6 is 0 Å². The molecule has 2 aromatic carbocycles. The van der Waals surface area contributed by atoms with Crippen molar-refractivity contribution < 1.29 is 4.79 Å². The molecule has 0 aliphatic heterocycles. The molecule has 0 bridgehead atoms. The highest BCUT2D eigenvalue weighted by Crippen LogP contribution is 2.17. The third kappa shape index (κ3) is 3.65. The van der Waals surface area contributed by atoms with E-state index in [2.05, 4.69) is 29.5 Å². The van der Waals surface area contributed by atoms with Gasteiger partial charge in [-0.25, -0.2) is 0 Å². The molecule has 1 N–H and O–H groups in total. The fraction of sp³-hybridized carbons (Fsp3) is 0.300. The zero-order valence-corrected chi connectivity index (χ0v) is 14.2. The number of amides is 1. The van der Waals surface area contributed by atoms with Crippen LogP contribution in [0.2, 0.25) is 0 Å². The van der Waals surface area contributed by atoms with E-state index in [9.17, 15) is 4.79 Å². The van der Waals surface area contributed by atoms with Crippen molar-refractivity contribution in [3.63, 3.8) is 0 Å². The van der Waals surface area contributed by atoms with Crippen molar-refractivity contribution >= 4 is 16.8 Å². The number of rotatable bonds is 6. The number of nitrogens with one attached hydrogen (secondary N) is 1.